The summed E-state index contributed by atoms with van der Waals surface area (Å²) in [6.45, 7) is 0.433. The van der Waals surface area contributed by atoms with E-state index in [9.17, 15) is 4.79 Å². The maximum absolute atomic E-state index is 12.0. The Morgan fingerprint density at radius 1 is 0.958 bits per heavy atom. The number of amides is 1. The van der Waals surface area contributed by atoms with E-state index in [1.807, 2.05) is 48.5 Å². The molecule has 0 aliphatic rings. The van der Waals surface area contributed by atoms with Crippen molar-refractivity contribution in [3.63, 3.8) is 0 Å². The summed E-state index contributed by atoms with van der Waals surface area (Å²) in [5, 5.41) is 4.59. The lowest BCUT2D eigenvalue weighted by atomic mass is 10.3. The Kier molecular flexibility index (Phi) is 4.06. The summed E-state index contributed by atoms with van der Waals surface area (Å²) >= 11 is 3.16. The second-order valence-corrected chi connectivity index (χ2v) is 7.32. The molecule has 0 bridgehead atoms. The van der Waals surface area contributed by atoms with Crippen LogP contribution in [0.5, 0.6) is 0 Å². The van der Waals surface area contributed by atoms with Gasteiger partial charge in [-0.3, -0.25) is 4.79 Å². The van der Waals surface area contributed by atoms with Crippen LogP contribution in [0.2, 0.25) is 0 Å². The molecule has 0 saturated carbocycles. The van der Waals surface area contributed by atoms with Crippen LogP contribution in [0.25, 0.3) is 26.5 Å². The number of nitrogens with one attached hydrogen (secondary N) is 1. The molecule has 2 aromatic carbocycles. The van der Waals surface area contributed by atoms with Gasteiger partial charge in [0, 0.05) is 6.08 Å². The lowest BCUT2D eigenvalue weighted by Gasteiger charge is -1.97. The second-order valence-electron chi connectivity index (χ2n) is 5.15. The van der Waals surface area contributed by atoms with E-state index < -0.39 is 0 Å². The number of fused-ring (bicyclic) bond motifs is 2. The van der Waals surface area contributed by atoms with E-state index >= 15 is 0 Å². The van der Waals surface area contributed by atoms with Gasteiger partial charge >= 0.3 is 0 Å². The molecular weight excluding hydrogens is 338 g/mol. The van der Waals surface area contributed by atoms with E-state index in [0.29, 0.717) is 6.54 Å². The van der Waals surface area contributed by atoms with Crippen molar-refractivity contribution in [1.29, 1.82) is 0 Å². The first-order chi connectivity index (χ1) is 11.8. The van der Waals surface area contributed by atoms with E-state index in [4.69, 9.17) is 0 Å². The highest BCUT2D eigenvalue weighted by Gasteiger charge is 2.05. The minimum Gasteiger partial charge on any atom is -0.346 e. The van der Waals surface area contributed by atoms with Gasteiger partial charge in [0.1, 0.15) is 10.0 Å². The zero-order valence-electron chi connectivity index (χ0n) is 12.6. The molecule has 2 aromatic heterocycles. The number of carbonyl (C=O) groups is 1. The van der Waals surface area contributed by atoms with Crippen LogP contribution in [0, 0.1) is 0 Å². The third kappa shape index (κ3) is 3.20. The van der Waals surface area contributed by atoms with Gasteiger partial charge in [0.15, 0.2) is 0 Å². The average molecular weight is 351 g/mol. The molecule has 4 nitrogen and oxygen atoms in total. The van der Waals surface area contributed by atoms with Crippen LogP contribution in [0.3, 0.4) is 0 Å². The molecular formula is C18H13N3OS2. The maximum atomic E-state index is 12.0. The number of para-hydroxylation sites is 2. The first-order valence-corrected chi connectivity index (χ1v) is 9.07. The van der Waals surface area contributed by atoms with E-state index in [1.165, 1.54) is 6.08 Å². The topological polar surface area (TPSA) is 54.9 Å². The summed E-state index contributed by atoms with van der Waals surface area (Å²) in [6, 6.07) is 15.9. The van der Waals surface area contributed by atoms with Crippen LogP contribution in [0.15, 0.2) is 54.6 Å². The van der Waals surface area contributed by atoms with Crippen LogP contribution >= 0.6 is 22.7 Å². The summed E-state index contributed by atoms with van der Waals surface area (Å²) in [4.78, 5) is 21.0. The zero-order valence-corrected chi connectivity index (χ0v) is 14.2. The number of benzene rings is 2. The van der Waals surface area contributed by atoms with Crippen molar-refractivity contribution in [3.8, 4) is 0 Å². The van der Waals surface area contributed by atoms with E-state index in [-0.39, 0.29) is 5.91 Å². The van der Waals surface area contributed by atoms with Gasteiger partial charge in [-0.1, -0.05) is 24.3 Å². The smallest absolute Gasteiger partial charge is 0.244 e. The lowest BCUT2D eigenvalue weighted by molar-refractivity contribution is -0.116. The van der Waals surface area contributed by atoms with Crippen LogP contribution in [0.1, 0.15) is 10.0 Å². The first kappa shape index (κ1) is 15.0. The predicted octanol–water partition coefficient (Wildman–Crippen LogP) is 4.24. The van der Waals surface area contributed by atoms with Crippen molar-refractivity contribution in [1.82, 2.24) is 15.3 Å². The number of carbonyl (C=O) groups excluding carboxylic acids is 1. The fourth-order valence-corrected chi connectivity index (χ4v) is 4.10. The SMILES string of the molecule is O=C(/C=C/c1nc2ccccc2s1)NCc1nc2ccccc2s1. The van der Waals surface area contributed by atoms with E-state index in [1.54, 1.807) is 28.7 Å². The Morgan fingerprint density at radius 3 is 2.33 bits per heavy atom. The molecule has 4 rings (SSSR count). The Labute approximate surface area is 146 Å². The summed E-state index contributed by atoms with van der Waals surface area (Å²) in [7, 11) is 0. The zero-order chi connectivity index (χ0) is 16.4. The quantitative estimate of drug-likeness (QED) is 0.560. The maximum Gasteiger partial charge on any atom is 0.244 e. The molecule has 118 valence electrons. The molecule has 0 aliphatic heterocycles. The molecule has 0 saturated heterocycles. The third-order valence-corrected chi connectivity index (χ3v) is 5.48. The summed E-state index contributed by atoms with van der Waals surface area (Å²) in [6.07, 6.45) is 3.27. The monoisotopic (exact) mass is 351 g/mol. The normalized spacial score (nSPS) is 11.5. The lowest BCUT2D eigenvalue weighted by Crippen LogP contribution is -2.19. The highest BCUT2D eigenvalue weighted by molar-refractivity contribution is 7.19. The summed E-state index contributed by atoms with van der Waals surface area (Å²) < 4.78 is 2.25. The second kappa shape index (κ2) is 6.51. The Hall–Kier alpha value is -2.57. The van der Waals surface area contributed by atoms with Crippen LogP contribution in [-0.2, 0) is 11.3 Å². The largest absolute Gasteiger partial charge is 0.346 e. The minimum absolute atomic E-state index is 0.145. The minimum atomic E-state index is -0.145. The molecule has 1 N–H and O–H groups in total. The number of aromatic nitrogens is 2. The molecule has 0 spiro atoms. The standard InChI is InChI=1S/C18H13N3OS2/c22-16(9-10-17-20-12-5-1-3-7-14(12)23-17)19-11-18-21-13-6-2-4-8-15(13)24-18/h1-10H,11H2,(H,19,22)/b10-9+. The van der Waals surface area contributed by atoms with Gasteiger partial charge in [-0.15, -0.1) is 22.7 Å². The molecule has 0 aliphatic carbocycles. The Morgan fingerprint density at radius 2 is 1.62 bits per heavy atom. The van der Waals surface area contributed by atoms with Crippen molar-refractivity contribution < 1.29 is 4.79 Å². The molecule has 6 heteroatoms. The van der Waals surface area contributed by atoms with Gasteiger partial charge in [0.2, 0.25) is 5.91 Å². The van der Waals surface area contributed by atoms with Crippen molar-refractivity contribution >= 4 is 55.1 Å². The first-order valence-electron chi connectivity index (χ1n) is 7.44. The van der Waals surface area contributed by atoms with Gasteiger partial charge in [-0.25, -0.2) is 9.97 Å². The molecule has 4 aromatic rings. The third-order valence-electron chi connectivity index (χ3n) is 3.44. The molecule has 0 fully saturated rings. The van der Waals surface area contributed by atoms with Crippen LogP contribution in [-0.4, -0.2) is 15.9 Å². The van der Waals surface area contributed by atoms with E-state index in [2.05, 4.69) is 15.3 Å². The van der Waals surface area contributed by atoms with Crippen molar-refractivity contribution in [2.45, 2.75) is 6.54 Å². The fourth-order valence-electron chi connectivity index (χ4n) is 2.33. The number of thiazole rings is 2. The van der Waals surface area contributed by atoms with Crippen LogP contribution < -0.4 is 5.32 Å². The Balaban J connectivity index is 1.40. The van der Waals surface area contributed by atoms with Gasteiger partial charge in [0.05, 0.1) is 27.0 Å². The number of rotatable bonds is 4. The Bertz CT molecular complexity index is 982. The van der Waals surface area contributed by atoms with Crippen molar-refractivity contribution in [3.05, 3.63) is 64.6 Å². The van der Waals surface area contributed by atoms with Gasteiger partial charge < -0.3 is 5.32 Å². The molecule has 0 unspecified atom stereocenters. The highest BCUT2D eigenvalue weighted by atomic mass is 32.1. The van der Waals surface area contributed by atoms with Crippen molar-refractivity contribution in [2.75, 3.05) is 0 Å². The number of nitrogens with zero attached hydrogens (tertiary/aromatic N) is 2. The summed E-state index contributed by atoms with van der Waals surface area (Å²) in [5.41, 5.74) is 1.92. The van der Waals surface area contributed by atoms with Gasteiger partial charge in [0.25, 0.3) is 0 Å². The molecule has 0 radical (unpaired) electrons. The molecule has 2 heterocycles. The molecule has 24 heavy (non-hydrogen) atoms. The molecule has 0 atom stereocenters. The average Bonchev–Trinajstić information content (AvgIpc) is 3.21. The van der Waals surface area contributed by atoms with E-state index in [0.717, 1.165) is 30.4 Å². The van der Waals surface area contributed by atoms with Gasteiger partial charge in [-0.05, 0) is 30.3 Å². The van der Waals surface area contributed by atoms with Crippen LogP contribution in [0.4, 0.5) is 0 Å². The van der Waals surface area contributed by atoms with Gasteiger partial charge in [-0.2, -0.15) is 0 Å². The summed E-state index contributed by atoms with van der Waals surface area (Å²) in [5.74, 6) is -0.145. The predicted molar refractivity (Wildman–Crippen MR) is 100 cm³/mol. The number of hydrogen-bond donors (Lipinski definition) is 1. The molecule has 1 amide bonds. The number of hydrogen-bond acceptors (Lipinski definition) is 5. The highest BCUT2D eigenvalue weighted by Crippen LogP contribution is 2.23. The fraction of sp³-hybridized carbons (Fsp3) is 0.0556. The van der Waals surface area contributed by atoms with Crippen molar-refractivity contribution in [2.24, 2.45) is 0 Å².